The smallest absolute Gasteiger partial charge is 0.360 e. The van der Waals surface area contributed by atoms with E-state index in [1.54, 1.807) is 14.2 Å². The lowest BCUT2D eigenvalue weighted by Gasteiger charge is -2.05. The molecule has 150 valence electrons. The highest BCUT2D eigenvalue weighted by atomic mass is 16.5. The highest BCUT2D eigenvalue weighted by Crippen LogP contribution is 2.26. The molecule has 3 nitrogen and oxygen atoms in total. The van der Waals surface area contributed by atoms with Crippen LogP contribution in [-0.2, 0) is 12.8 Å². The molecule has 4 aromatic rings. The van der Waals surface area contributed by atoms with Gasteiger partial charge in [0.25, 0.3) is 0 Å². The minimum Gasteiger partial charge on any atom is -0.497 e. The molecule has 1 aromatic heterocycles. The molecule has 0 amide bonds. The Labute approximate surface area is 177 Å². The minimum absolute atomic E-state index is 0.723. The second kappa shape index (κ2) is 9.27. The molecule has 0 aliphatic rings. The summed E-state index contributed by atoms with van der Waals surface area (Å²) in [5, 5.41) is 0. The molecule has 0 fully saturated rings. The van der Waals surface area contributed by atoms with Gasteiger partial charge >= 0.3 is 11.5 Å². The summed E-state index contributed by atoms with van der Waals surface area (Å²) in [5.41, 5.74) is 4.70. The van der Waals surface area contributed by atoms with Gasteiger partial charge in [-0.05, 0) is 59.5 Å². The standard InChI is InChI=1S/C27H25O3/c1-28-24-12-8-20(9-13-24)16-22-18-26(17-21-10-14-25(29-2)15-11-21)30-27(19-22)23-6-4-3-5-7-23/h3-15,18-19H,16-17H2,1-2H3/q+1. The maximum atomic E-state index is 6.29. The number of methoxy groups -OCH3 is 2. The number of hydrogen-bond acceptors (Lipinski definition) is 2. The first-order chi connectivity index (χ1) is 14.7. The van der Waals surface area contributed by atoms with Crippen molar-refractivity contribution in [1.82, 2.24) is 0 Å². The molecule has 0 saturated carbocycles. The maximum absolute atomic E-state index is 6.29. The van der Waals surface area contributed by atoms with Gasteiger partial charge < -0.3 is 9.47 Å². The zero-order valence-electron chi connectivity index (χ0n) is 17.3. The Morgan fingerprint density at radius 3 is 1.73 bits per heavy atom. The van der Waals surface area contributed by atoms with Gasteiger partial charge in [-0.1, -0.05) is 42.5 Å². The fourth-order valence-electron chi connectivity index (χ4n) is 3.47. The van der Waals surface area contributed by atoms with Crippen molar-refractivity contribution in [2.75, 3.05) is 14.2 Å². The zero-order chi connectivity index (χ0) is 20.8. The lowest BCUT2D eigenvalue weighted by atomic mass is 10.0. The molecule has 0 unspecified atom stereocenters. The van der Waals surface area contributed by atoms with Gasteiger partial charge in [-0.3, -0.25) is 0 Å². The molecule has 0 saturated heterocycles. The van der Waals surface area contributed by atoms with Crippen LogP contribution in [0.1, 0.15) is 22.5 Å². The van der Waals surface area contributed by atoms with Gasteiger partial charge in [-0.2, -0.15) is 0 Å². The van der Waals surface area contributed by atoms with Gasteiger partial charge in [0.05, 0.1) is 26.2 Å². The van der Waals surface area contributed by atoms with Crippen LogP contribution in [0.15, 0.2) is 95.4 Å². The predicted octanol–water partition coefficient (Wildman–Crippen LogP) is 6.43. The SMILES string of the molecule is COc1ccc(Cc2cc(Cc3ccc(OC)cc3)[o+]c(-c3ccccc3)c2)cc1. The first kappa shape index (κ1) is 19.7. The Hall–Kier alpha value is -3.59. The van der Waals surface area contributed by atoms with Crippen molar-refractivity contribution in [3.8, 4) is 22.8 Å². The van der Waals surface area contributed by atoms with E-state index in [2.05, 4.69) is 48.5 Å². The fraction of sp³-hybridized carbons (Fsp3) is 0.148. The average molecular weight is 397 g/mol. The Morgan fingerprint density at radius 2 is 1.17 bits per heavy atom. The zero-order valence-corrected chi connectivity index (χ0v) is 17.3. The molecular formula is C27H25O3+. The van der Waals surface area contributed by atoms with E-state index >= 15 is 0 Å². The number of ether oxygens (including phenoxy) is 2. The van der Waals surface area contributed by atoms with Gasteiger partial charge in [0.2, 0.25) is 0 Å². The van der Waals surface area contributed by atoms with Crippen LogP contribution in [0.25, 0.3) is 11.3 Å². The van der Waals surface area contributed by atoms with E-state index in [9.17, 15) is 0 Å². The van der Waals surface area contributed by atoms with E-state index in [4.69, 9.17) is 13.9 Å². The van der Waals surface area contributed by atoms with Crippen LogP contribution in [0, 0.1) is 0 Å². The topological polar surface area (TPSA) is 29.8 Å². The fourth-order valence-corrected chi connectivity index (χ4v) is 3.47. The summed E-state index contributed by atoms with van der Waals surface area (Å²) in [7, 11) is 3.37. The van der Waals surface area contributed by atoms with E-state index in [0.29, 0.717) is 0 Å². The second-order valence-corrected chi connectivity index (χ2v) is 7.21. The normalized spacial score (nSPS) is 10.6. The van der Waals surface area contributed by atoms with Crippen LogP contribution in [0.3, 0.4) is 0 Å². The third-order valence-electron chi connectivity index (χ3n) is 5.07. The minimum atomic E-state index is 0.723. The Kier molecular flexibility index (Phi) is 6.09. The van der Waals surface area contributed by atoms with Crippen LogP contribution in [0.4, 0.5) is 0 Å². The Morgan fingerprint density at radius 1 is 0.600 bits per heavy atom. The lowest BCUT2D eigenvalue weighted by Crippen LogP contribution is -1.95. The van der Waals surface area contributed by atoms with E-state index in [0.717, 1.165) is 41.4 Å². The van der Waals surface area contributed by atoms with Gasteiger partial charge in [0.15, 0.2) is 0 Å². The molecule has 0 spiro atoms. The summed E-state index contributed by atoms with van der Waals surface area (Å²) in [6.45, 7) is 0. The summed E-state index contributed by atoms with van der Waals surface area (Å²) >= 11 is 0. The molecule has 4 rings (SSSR count). The molecule has 0 N–H and O–H groups in total. The van der Waals surface area contributed by atoms with E-state index in [1.807, 2.05) is 42.5 Å². The van der Waals surface area contributed by atoms with Crippen LogP contribution in [0.2, 0.25) is 0 Å². The summed E-state index contributed by atoms with van der Waals surface area (Å²) in [5.74, 6) is 3.54. The van der Waals surface area contributed by atoms with E-state index in [-0.39, 0.29) is 0 Å². The highest BCUT2D eigenvalue weighted by molar-refractivity contribution is 5.58. The van der Waals surface area contributed by atoms with E-state index in [1.165, 1.54) is 16.7 Å². The van der Waals surface area contributed by atoms with Crippen LogP contribution >= 0.6 is 0 Å². The van der Waals surface area contributed by atoms with Gasteiger partial charge in [0, 0.05) is 12.1 Å². The van der Waals surface area contributed by atoms with Crippen LogP contribution in [-0.4, -0.2) is 14.2 Å². The van der Waals surface area contributed by atoms with Crippen molar-refractivity contribution in [3.05, 3.63) is 113 Å². The first-order valence-corrected chi connectivity index (χ1v) is 10.0. The number of hydrogen-bond donors (Lipinski definition) is 0. The summed E-state index contributed by atoms with van der Waals surface area (Å²) in [4.78, 5) is 0. The summed E-state index contributed by atoms with van der Waals surface area (Å²) < 4.78 is 16.8. The second-order valence-electron chi connectivity index (χ2n) is 7.21. The largest absolute Gasteiger partial charge is 0.497 e. The van der Waals surface area contributed by atoms with Crippen molar-refractivity contribution in [2.45, 2.75) is 12.8 Å². The molecule has 0 bridgehead atoms. The molecule has 3 aromatic carbocycles. The van der Waals surface area contributed by atoms with Gasteiger partial charge in [-0.25, -0.2) is 4.42 Å². The monoisotopic (exact) mass is 397 g/mol. The van der Waals surface area contributed by atoms with Crippen LogP contribution < -0.4 is 9.47 Å². The number of benzene rings is 3. The van der Waals surface area contributed by atoms with Gasteiger partial charge in [0.1, 0.15) is 11.5 Å². The Bertz CT molecular complexity index is 1020. The van der Waals surface area contributed by atoms with Crippen molar-refractivity contribution in [1.29, 1.82) is 0 Å². The quantitative estimate of drug-likeness (QED) is 0.337. The average Bonchev–Trinajstić information content (AvgIpc) is 2.80. The third kappa shape index (κ3) is 4.87. The molecule has 0 atom stereocenters. The molecule has 0 radical (unpaired) electrons. The molecule has 1 heterocycles. The highest BCUT2D eigenvalue weighted by Gasteiger charge is 2.19. The summed E-state index contributed by atoms with van der Waals surface area (Å²) in [6.07, 6.45) is 1.55. The summed E-state index contributed by atoms with van der Waals surface area (Å²) in [6, 6.07) is 30.8. The lowest BCUT2D eigenvalue weighted by molar-refractivity contribution is 0.414. The third-order valence-corrected chi connectivity index (χ3v) is 5.07. The molecule has 3 heteroatoms. The molecule has 0 aliphatic carbocycles. The van der Waals surface area contributed by atoms with E-state index < -0.39 is 0 Å². The molecule has 30 heavy (non-hydrogen) atoms. The van der Waals surface area contributed by atoms with Crippen molar-refractivity contribution < 1.29 is 13.9 Å². The van der Waals surface area contributed by atoms with Crippen molar-refractivity contribution >= 4 is 0 Å². The molecule has 0 aliphatic heterocycles. The predicted molar refractivity (Wildman–Crippen MR) is 120 cm³/mol. The maximum Gasteiger partial charge on any atom is 0.360 e. The Balaban J connectivity index is 1.66. The van der Waals surface area contributed by atoms with Crippen molar-refractivity contribution in [3.63, 3.8) is 0 Å². The molecular weight excluding hydrogens is 372 g/mol. The number of rotatable bonds is 7. The first-order valence-electron chi connectivity index (χ1n) is 10.0. The van der Waals surface area contributed by atoms with Gasteiger partial charge in [-0.15, -0.1) is 0 Å². The van der Waals surface area contributed by atoms with Crippen LogP contribution in [0.5, 0.6) is 11.5 Å². The van der Waals surface area contributed by atoms with Crippen molar-refractivity contribution in [2.24, 2.45) is 0 Å².